The van der Waals surface area contributed by atoms with Crippen molar-refractivity contribution in [2.75, 3.05) is 6.61 Å². The zero-order chi connectivity index (χ0) is 41.8. The van der Waals surface area contributed by atoms with E-state index in [2.05, 4.69) is 5.32 Å². The highest BCUT2D eigenvalue weighted by Gasteiger charge is 2.76. The van der Waals surface area contributed by atoms with Gasteiger partial charge in [-0.2, -0.15) is 0 Å². The molecule has 0 spiro atoms. The van der Waals surface area contributed by atoms with E-state index in [1.165, 1.54) is 19.1 Å². The molecule has 9 unspecified atom stereocenters. The number of esters is 2. The normalized spacial score (nSPS) is 35.4. The molecule has 0 radical (unpaired) electrons. The molecule has 314 valence electrons. The first-order chi connectivity index (χ1) is 27.4. The van der Waals surface area contributed by atoms with Crippen LogP contribution in [0.1, 0.15) is 88.6 Å². The second-order valence-electron chi connectivity index (χ2n) is 17.6. The van der Waals surface area contributed by atoms with Crippen molar-refractivity contribution < 1.29 is 63.7 Å². The van der Waals surface area contributed by atoms with E-state index >= 15 is 0 Å². The Balaban J connectivity index is 1.25. The number of carbonyl (C=O) groups excluding carboxylic acids is 4. The number of hydrogen-bond donors (Lipinski definition) is 6. The highest BCUT2D eigenvalue weighted by Crippen LogP contribution is 2.63. The lowest BCUT2D eigenvalue weighted by Crippen LogP contribution is -2.81. The highest BCUT2D eigenvalue weighted by molar-refractivity contribution is 5.94. The molecule has 5 aliphatic rings. The molecule has 58 heavy (non-hydrogen) atoms. The molecule has 14 nitrogen and oxygen atoms in total. The number of amides is 1. The van der Waals surface area contributed by atoms with Crippen LogP contribution in [0.5, 0.6) is 0 Å². The van der Waals surface area contributed by atoms with Crippen LogP contribution in [0.4, 0.5) is 4.79 Å². The van der Waals surface area contributed by atoms with Crippen LogP contribution >= 0.6 is 0 Å². The summed E-state index contributed by atoms with van der Waals surface area (Å²) in [5.74, 6) is -4.70. The van der Waals surface area contributed by atoms with Crippen molar-refractivity contribution in [1.82, 2.24) is 5.32 Å². The summed E-state index contributed by atoms with van der Waals surface area (Å²) in [6.07, 6.45) is -7.06. The number of rotatable bonds is 9. The SMILES string of the molecule is CC1=C2C(O)C(=O)[C@]3(C)C(O)CC4OC[C@@]4(O)C3C(OC(=O)c3ccccc3)C(O)(CC1OC(=O)C(O)C(NC(=O)OCc1ccccc1)C1CCCCC1)C2(C)C. The van der Waals surface area contributed by atoms with Gasteiger partial charge in [0.1, 0.15) is 36.1 Å². The van der Waals surface area contributed by atoms with Gasteiger partial charge < -0.3 is 49.8 Å². The first kappa shape index (κ1) is 42.0. The van der Waals surface area contributed by atoms with Crippen molar-refractivity contribution in [2.45, 2.75) is 133 Å². The van der Waals surface area contributed by atoms with Crippen LogP contribution < -0.4 is 5.32 Å². The third-order valence-electron chi connectivity index (χ3n) is 14.1. The van der Waals surface area contributed by atoms with Gasteiger partial charge in [0, 0.05) is 24.2 Å². The smallest absolute Gasteiger partial charge is 0.407 e. The molecule has 7 rings (SSSR count). The Kier molecular flexibility index (Phi) is 11.4. The van der Waals surface area contributed by atoms with E-state index in [0.717, 1.165) is 24.8 Å². The average Bonchev–Trinajstić information content (AvgIpc) is 3.21. The standard InChI is InChI=1S/C44H55NO13/c1-24-28(57-39(51)34(48)32(26-16-10-6-11-17-26)45-40(52)55-22-25-14-8-5-9-15-25)21-44(54)37(58-38(50)27-18-12-7-13-19-27)35-42(4,29(46)20-30-43(35,53)23-56-30)36(49)33(47)31(24)41(44,2)3/h5,7-9,12-15,18-19,26,28-30,32-35,37,46-48,53-54H,6,10-11,16-17,20-23H2,1-4H3,(H,45,52)/t28?,29?,30?,32?,33?,34?,35?,37?,42-,43+,44?/m1/s1. The zero-order valence-corrected chi connectivity index (χ0v) is 33.3. The van der Waals surface area contributed by atoms with Crippen molar-refractivity contribution in [3.8, 4) is 0 Å². The number of aliphatic hydroxyl groups is 5. The topological polar surface area (TPSA) is 218 Å². The summed E-state index contributed by atoms with van der Waals surface area (Å²) in [5.41, 5.74) is -6.66. The van der Waals surface area contributed by atoms with E-state index < -0.39 is 101 Å². The zero-order valence-electron chi connectivity index (χ0n) is 33.3. The second kappa shape index (κ2) is 15.8. The van der Waals surface area contributed by atoms with Gasteiger partial charge >= 0.3 is 18.0 Å². The summed E-state index contributed by atoms with van der Waals surface area (Å²) in [6, 6.07) is 15.9. The van der Waals surface area contributed by atoms with Crippen LogP contribution in [0, 0.1) is 22.7 Å². The van der Waals surface area contributed by atoms with Gasteiger partial charge in [-0.05, 0) is 61.4 Å². The maximum atomic E-state index is 14.8. The molecule has 11 atom stereocenters. The molecule has 14 heteroatoms. The quantitative estimate of drug-likeness (QED) is 0.122. The van der Waals surface area contributed by atoms with Crippen LogP contribution in [0.3, 0.4) is 0 Å². The minimum absolute atomic E-state index is 0.0170. The van der Waals surface area contributed by atoms with Gasteiger partial charge in [-0.3, -0.25) is 4.79 Å². The minimum Gasteiger partial charge on any atom is -0.456 e. The fourth-order valence-corrected chi connectivity index (χ4v) is 10.6. The largest absolute Gasteiger partial charge is 0.456 e. The Morgan fingerprint density at radius 2 is 1.57 bits per heavy atom. The monoisotopic (exact) mass is 805 g/mol. The van der Waals surface area contributed by atoms with E-state index in [1.54, 1.807) is 63.2 Å². The van der Waals surface area contributed by atoms with Crippen LogP contribution in [0.25, 0.3) is 0 Å². The maximum absolute atomic E-state index is 14.8. The summed E-state index contributed by atoms with van der Waals surface area (Å²) in [5, 5.41) is 63.8. The van der Waals surface area contributed by atoms with E-state index in [4.69, 9.17) is 18.9 Å². The third kappa shape index (κ3) is 6.94. The molecule has 4 fully saturated rings. The molecular weight excluding hydrogens is 750 g/mol. The third-order valence-corrected chi connectivity index (χ3v) is 14.1. The molecule has 1 amide bonds. The number of ether oxygens (including phenoxy) is 4. The van der Waals surface area contributed by atoms with Gasteiger partial charge in [0.2, 0.25) is 0 Å². The summed E-state index contributed by atoms with van der Waals surface area (Å²) in [4.78, 5) is 56.0. The number of ketones is 1. The first-order valence-corrected chi connectivity index (χ1v) is 20.2. The molecule has 3 saturated carbocycles. The van der Waals surface area contributed by atoms with Gasteiger partial charge in [-0.25, -0.2) is 14.4 Å². The molecule has 1 saturated heterocycles. The molecule has 2 aromatic rings. The fraction of sp³-hybridized carbons (Fsp3) is 0.591. The predicted molar refractivity (Wildman–Crippen MR) is 206 cm³/mol. The maximum Gasteiger partial charge on any atom is 0.407 e. The Morgan fingerprint density at radius 1 is 0.931 bits per heavy atom. The van der Waals surface area contributed by atoms with Gasteiger partial charge in [0.05, 0.1) is 35.8 Å². The fourth-order valence-electron chi connectivity index (χ4n) is 10.6. The Bertz CT molecular complexity index is 1910. The van der Waals surface area contributed by atoms with Crippen molar-refractivity contribution in [3.63, 3.8) is 0 Å². The van der Waals surface area contributed by atoms with E-state index in [0.29, 0.717) is 12.8 Å². The van der Waals surface area contributed by atoms with Crippen LogP contribution in [0.15, 0.2) is 71.8 Å². The minimum atomic E-state index is -2.29. The Morgan fingerprint density at radius 3 is 2.19 bits per heavy atom. The second-order valence-corrected chi connectivity index (χ2v) is 17.6. The summed E-state index contributed by atoms with van der Waals surface area (Å²) in [6.45, 7) is 5.74. The molecule has 0 aromatic heterocycles. The Labute approximate surface area is 337 Å². The number of nitrogens with one attached hydrogen (secondary N) is 1. The van der Waals surface area contributed by atoms with Crippen LogP contribution in [-0.2, 0) is 35.1 Å². The van der Waals surface area contributed by atoms with Crippen molar-refractivity contribution in [3.05, 3.63) is 82.9 Å². The number of benzene rings is 2. The molecule has 1 aliphatic heterocycles. The molecule has 2 bridgehead atoms. The van der Waals surface area contributed by atoms with Gasteiger partial charge in [0.25, 0.3) is 0 Å². The van der Waals surface area contributed by atoms with Crippen molar-refractivity contribution in [2.24, 2.45) is 22.7 Å². The summed E-state index contributed by atoms with van der Waals surface area (Å²) >= 11 is 0. The number of alkyl carbamates (subject to hydrolysis) is 1. The van der Waals surface area contributed by atoms with Crippen LogP contribution in [0.2, 0.25) is 0 Å². The predicted octanol–water partition coefficient (Wildman–Crippen LogP) is 3.30. The van der Waals surface area contributed by atoms with Gasteiger partial charge in [0.15, 0.2) is 11.9 Å². The lowest BCUT2D eigenvalue weighted by Gasteiger charge is -2.66. The number of fused-ring (bicyclic) bond motifs is 5. The molecule has 2 aromatic carbocycles. The summed E-state index contributed by atoms with van der Waals surface area (Å²) < 4.78 is 23.4. The average molecular weight is 806 g/mol. The molecule has 6 N–H and O–H groups in total. The molecular formula is C44H55NO13. The van der Waals surface area contributed by atoms with Gasteiger partial charge in [-0.1, -0.05) is 81.6 Å². The van der Waals surface area contributed by atoms with E-state index in [1.807, 2.05) is 6.07 Å². The number of Topliss-reactive ketones (excluding diaryl/α,β-unsaturated/α-hetero) is 1. The van der Waals surface area contributed by atoms with Gasteiger partial charge in [-0.15, -0.1) is 0 Å². The number of carbonyl (C=O) groups is 4. The van der Waals surface area contributed by atoms with E-state index in [9.17, 15) is 44.7 Å². The summed E-state index contributed by atoms with van der Waals surface area (Å²) in [7, 11) is 0. The molecule has 4 aliphatic carbocycles. The van der Waals surface area contributed by atoms with Crippen molar-refractivity contribution in [1.29, 1.82) is 0 Å². The first-order valence-electron chi connectivity index (χ1n) is 20.2. The number of aliphatic hydroxyl groups excluding tert-OH is 3. The Hall–Kier alpha value is -4.18. The lowest BCUT2D eigenvalue weighted by molar-refractivity contribution is -0.343. The molecule has 1 heterocycles. The van der Waals surface area contributed by atoms with Crippen LogP contribution in [-0.4, -0.2) is 110 Å². The highest BCUT2D eigenvalue weighted by atomic mass is 16.6. The number of hydrogen-bond acceptors (Lipinski definition) is 13. The van der Waals surface area contributed by atoms with E-state index in [-0.39, 0.29) is 42.3 Å². The lowest BCUT2D eigenvalue weighted by atomic mass is 9.44. The van der Waals surface area contributed by atoms with Crippen molar-refractivity contribution >= 4 is 23.8 Å².